The molecule has 4 saturated heterocycles. The molecule has 2 unspecified atom stereocenters. The van der Waals surface area contributed by atoms with E-state index in [2.05, 4.69) is 20.1 Å². The van der Waals surface area contributed by atoms with E-state index in [-0.39, 0.29) is 29.3 Å². The molecule has 0 amide bonds. The third-order valence-electron chi connectivity index (χ3n) is 10.9. The summed E-state index contributed by atoms with van der Waals surface area (Å²) in [6.07, 6.45) is 6.15. The van der Waals surface area contributed by atoms with Gasteiger partial charge in [-0.2, -0.15) is 9.97 Å². The lowest BCUT2D eigenvalue weighted by Gasteiger charge is -2.36. The summed E-state index contributed by atoms with van der Waals surface area (Å²) >= 11 is 0. The van der Waals surface area contributed by atoms with Crippen molar-refractivity contribution in [2.45, 2.75) is 95.1 Å². The van der Waals surface area contributed by atoms with Crippen LogP contribution in [0.25, 0.3) is 21.7 Å². The lowest BCUT2D eigenvalue weighted by atomic mass is 9.93. The largest absolute Gasteiger partial charge is 0.508 e. The SMILES string of the molecule is CCc1cccc2cc(O)cc(Cc3c(F)cc4c(N5CC6CCC(C5)N6)nc(OCCCN5[C@@H]6CC[C@H]5C[C@@H](F)C6)nc4c3F)c12. The highest BCUT2D eigenvalue weighted by atomic mass is 19.1. The molecule has 10 heteroatoms. The number of phenolic OH excluding ortho intramolecular Hbond substituents is 1. The number of fused-ring (bicyclic) bond motifs is 6. The maximum Gasteiger partial charge on any atom is 0.319 e. The number of ether oxygens (including phenoxy) is 1. The van der Waals surface area contributed by atoms with Gasteiger partial charge in [-0.25, -0.2) is 13.2 Å². The van der Waals surface area contributed by atoms with Crippen molar-refractivity contribution in [1.29, 1.82) is 0 Å². The quantitative estimate of drug-likeness (QED) is 0.199. The molecule has 47 heavy (non-hydrogen) atoms. The van der Waals surface area contributed by atoms with Crippen molar-refractivity contribution in [2.24, 2.45) is 0 Å². The Kier molecular flexibility index (Phi) is 8.12. The second-order valence-corrected chi connectivity index (χ2v) is 14.0. The Morgan fingerprint density at radius 2 is 1.74 bits per heavy atom. The molecule has 5 heterocycles. The van der Waals surface area contributed by atoms with E-state index in [1.165, 1.54) is 6.07 Å². The summed E-state index contributed by atoms with van der Waals surface area (Å²) in [7, 11) is 0. The van der Waals surface area contributed by atoms with Crippen LogP contribution in [0.1, 0.15) is 68.6 Å². The van der Waals surface area contributed by atoms with Gasteiger partial charge in [-0.05, 0) is 91.5 Å². The number of halogens is 3. The second kappa shape index (κ2) is 12.4. The van der Waals surface area contributed by atoms with E-state index in [4.69, 9.17) is 9.72 Å². The minimum absolute atomic E-state index is 0.0375. The fraction of sp³-hybridized carbons (Fsp3) is 0.514. The molecule has 0 saturated carbocycles. The lowest BCUT2D eigenvalue weighted by molar-refractivity contribution is 0.0777. The summed E-state index contributed by atoms with van der Waals surface area (Å²) in [6.45, 7) is 4.58. The van der Waals surface area contributed by atoms with Crippen molar-refractivity contribution in [3.05, 3.63) is 64.7 Å². The molecule has 4 bridgehead atoms. The van der Waals surface area contributed by atoms with Gasteiger partial charge in [0, 0.05) is 61.2 Å². The first-order chi connectivity index (χ1) is 22.8. The van der Waals surface area contributed by atoms with Crippen molar-refractivity contribution in [3.63, 3.8) is 0 Å². The number of nitrogens with zero attached hydrogens (tertiary/aromatic N) is 4. The number of alkyl halides is 1. The molecule has 0 spiro atoms. The Hall–Kier alpha value is -3.63. The summed E-state index contributed by atoms with van der Waals surface area (Å²) in [5, 5.41) is 16.2. The first-order valence-corrected chi connectivity index (χ1v) is 17.3. The lowest BCUT2D eigenvalue weighted by Crippen LogP contribution is -2.51. The second-order valence-electron chi connectivity index (χ2n) is 14.0. The number of rotatable bonds is 9. The smallest absolute Gasteiger partial charge is 0.319 e. The van der Waals surface area contributed by atoms with E-state index in [9.17, 15) is 9.50 Å². The normalized spacial score (nSPS) is 25.7. The van der Waals surface area contributed by atoms with E-state index in [0.29, 0.717) is 73.5 Å². The predicted octanol–water partition coefficient (Wildman–Crippen LogP) is 6.59. The van der Waals surface area contributed by atoms with Crippen LogP contribution < -0.4 is 15.0 Å². The third kappa shape index (κ3) is 5.77. The highest BCUT2D eigenvalue weighted by Gasteiger charge is 2.40. The molecule has 8 rings (SSSR count). The number of piperidine rings is 1. The van der Waals surface area contributed by atoms with Crippen LogP contribution in [0.15, 0.2) is 36.4 Å². The summed E-state index contributed by atoms with van der Waals surface area (Å²) in [6, 6.07) is 11.8. The molecule has 5 atom stereocenters. The van der Waals surface area contributed by atoms with Crippen molar-refractivity contribution in [3.8, 4) is 11.8 Å². The number of aromatic hydroxyl groups is 1. The molecular weight excluding hydrogens is 603 g/mol. The minimum Gasteiger partial charge on any atom is -0.508 e. The Morgan fingerprint density at radius 3 is 2.49 bits per heavy atom. The standard InChI is InChI=1S/C37H42F3N5O2/c1-2-21-5-3-6-22-13-29(46)14-23(33(21)22)15-30-32(39)18-31-35(34(30)40)42-37(43-36(31)44-19-25-7-8-26(20-44)41-25)47-12-4-11-45-27-9-10-28(45)17-24(38)16-27/h3,5-6,13-14,18,24-28,41,46H,2,4,7-12,15-17,19-20H2,1H3/t24-,25?,26?,27+,28-. The van der Waals surface area contributed by atoms with Crippen molar-refractivity contribution in [1.82, 2.24) is 20.2 Å². The molecular formula is C37H42F3N5O2. The molecule has 0 aliphatic carbocycles. The minimum atomic E-state index is -0.734. The highest BCUT2D eigenvalue weighted by molar-refractivity contribution is 5.92. The average molecular weight is 646 g/mol. The van der Waals surface area contributed by atoms with Gasteiger partial charge in [-0.3, -0.25) is 4.90 Å². The van der Waals surface area contributed by atoms with Gasteiger partial charge in [0.15, 0.2) is 5.82 Å². The summed E-state index contributed by atoms with van der Waals surface area (Å²) in [4.78, 5) is 13.8. The van der Waals surface area contributed by atoms with Crippen LogP contribution in [0.5, 0.6) is 11.8 Å². The molecule has 0 radical (unpaired) electrons. The van der Waals surface area contributed by atoms with Crippen LogP contribution in [-0.4, -0.2) is 76.6 Å². The van der Waals surface area contributed by atoms with E-state index in [0.717, 1.165) is 61.4 Å². The molecule has 1 aromatic heterocycles. The average Bonchev–Trinajstić information content (AvgIpc) is 3.52. The van der Waals surface area contributed by atoms with Crippen LogP contribution in [0.2, 0.25) is 0 Å². The first-order valence-electron chi connectivity index (χ1n) is 17.3. The number of aryl methyl sites for hydroxylation is 1. The highest BCUT2D eigenvalue weighted by Crippen LogP contribution is 2.38. The van der Waals surface area contributed by atoms with Crippen LogP contribution in [0, 0.1) is 11.6 Å². The fourth-order valence-electron chi connectivity index (χ4n) is 8.83. The van der Waals surface area contributed by atoms with Crippen LogP contribution >= 0.6 is 0 Å². The number of aromatic nitrogens is 2. The van der Waals surface area contributed by atoms with E-state index in [1.807, 2.05) is 25.1 Å². The topological polar surface area (TPSA) is 73.8 Å². The molecule has 4 aliphatic rings. The molecule has 4 aliphatic heterocycles. The number of benzene rings is 3. The number of hydrogen-bond donors (Lipinski definition) is 2. The molecule has 4 aromatic rings. The zero-order chi connectivity index (χ0) is 32.2. The third-order valence-corrected chi connectivity index (χ3v) is 10.9. The molecule has 3 aromatic carbocycles. The zero-order valence-corrected chi connectivity index (χ0v) is 26.8. The van der Waals surface area contributed by atoms with Crippen molar-refractivity contribution in [2.75, 3.05) is 31.1 Å². The molecule has 2 N–H and O–H groups in total. The maximum absolute atomic E-state index is 16.6. The van der Waals surface area contributed by atoms with Crippen LogP contribution in [0.4, 0.5) is 19.0 Å². The van der Waals surface area contributed by atoms with Gasteiger partial charge in [-0.15, -0.1) is 0 Å². The van der Waals surface area contributed by atoms with E-state index in [1.54, 1.807) is 12.1 Å². The van der Waals surface area contributed by atoms with Crippen LogP contribution in [0.3, 0.4) is 0 Å². The van der Waals surface area contributed by atoms with Gasteiger partial charge in [0.05, 0.1) is 6.61 Å². The molecule has 248 valence electrons. The number of hydrogen-bond acceptors (Lipinski definition) is 7. The number of piperazine rings is 1. The van der Waals surface area contributed by atoms with Gasteiger partial charge in [0.1, 0.15) is 29.1 Å². The van der Waals surface area contributed by atoms with Gasteiger partial charge in [0.25, 0.3) is 0 Å². The monoisotopic (exact) mass is 645 g/mol. The summed E-state index contributed by atoms with van der Waals surface area (Å²) < 4.78 is 52.8. The summed E-state index contributed by atoms with van der Waals surface area (Å²) in [5.74, 6) is -0.850. The number of nitrogens with one attached hydrogen (secondary N) is 1. The number of anilines is 1. The maximum atomic E-state index is 16.6. The first kappa shape index (κ1) is 30.7. The van der Waals surface area contributed by atoms with E-state index >= 15 is 8.78 Å². The predicted molar refractivity (Wildman–Crippen MR) is 177 cm³/mol. The Morgan fingerprint density at radius 1 is 0.979 bits per heavy atom. The Balaban J connectivity index is 1.13. The van der Waals surface area contributed by atoms with Crippen molar-refractivity contribution < 1.29 is 23.0 Å². The molecule has 4 fully saturated rings. The van der Waals surface area contributed by atoms with Crippen molar-refractivity contribution >= 4 is 27.5 Å². The Labute approximate surface area is 273 Å². The van der Waals surface area contributed by atoms with Gasteiger partial charge < -0.3 is 20.1 Å². The molecule has 7 nitrogen and oxygen atoms in total. The number of phenols is 1. The summed E-state index contributed by atoms with van der Waals surface area (Å²) in [5.41, 5.74) is 1.65. The fourth-order valence-corrected chi connectivity index (χ4v) is 8.83. The van der Waals surface area contributed by atoms with Gasteiger partial charge in [0.2, 0.25) is 0 Å². The van der Waals surface area contributed by atoms with Crippen LogP contribution in [-0.2, 0) is 12.8 Å². The van der Waals surface area contributed by atoms with Gasteiger partial charge in [-0.1, -0.05) is 25.1 Å². The Bertz CT molecular complexity index is 1790. The zero-order valence-electron chi connectivity index (χ0n) is 26.8. The van der Waals surface area contributed by atoms with E-state index < -0.39 is 17.8 Å². The van der Waals surface area contributed by atoms with Gasteiger partial charge >= 0.3 is 6.01 Å².